The van der Waals surface area contributed by atoms with E-state index in [9.17, 15) is 0 Å². The zero-order chi connectivity index (χ0) is 14.1. The highest BCUT2D eigenvalue weighted by Crippen LogP contribution is 2.38. The number of fused-ring (bicyclic) bond motifs is 1. The summed E-state index contributed by atoms with van der Waals surface area (Å²) in [5, 5.41) is 3.89. The number of hydrogen-bond donors (Lipinski definition) is 1. The Balaban J connectivity index is 1.77. The van der Waals surface area contributed by atoms with Gasteiger partial charge in [0.05, 0.1) is 10.7 Å². The van der Waals surface area contributed by atoms with Gasteiger partial charge in [-0.05, 0) is 22.0 Å². The summed E-state index contributed by atoms with van der Waals surface area (Å²) in [4.78, 5) is 1.12. The largest absolute Gasteiger partial charge is 0.486 e. The van der Waals surface area contributed by atoms with Crippen LogP contribution in [-0.2, 0) is 6.54 Å². The van der Waals surface area contributed by atoms with Gasteiger partial charge in [0.25, 0.3) is 0 Å². The van der Waals surface area contributed by atoms with Crippen LogP contribution in [-0.4, -0.2) is 13.2 Å². The molecule has 0 atom stereocenters. The molecule has 0 spiro atoms. The molecule has 0 saturated heterocycles. The Hall–Kier alpha value is -0.620. The van der Waals surface area contributed by atoms with Gasteiger partial charge in [0, 0.05) is 28.0 Å². The highest BCUT2D eigenvalue weighted by Gasteiger charge is 2.15. The van der Waals surface area contributed by atoms with Gasteiger partial charge in [0.2, 0.25) is 0 Å². The molecule has 1 aliphatic rings. The standard InChI is InChI=1S/C13H10BrCl2NO2S/c14-8-3-7(20-13(8)16)6-17-10-5-12-11(4-9(10)15)18-1-2-19-12/h3-5,17H,1-2,6H2. The molecule has 106 valence electrons. The van der Waals surface area contributed by atoms with E-state index in [2.05, 4.69) is 21.2 Å². The maximum atomic E-state index is 6.23. The van der Waals surface area contributed by atoms with E-state index in [0.29, 0.717) is 36.3 Å². The van der Waals surface area contributed by atoms with Crippen molar-refractivity contribution in [2.24, 2.45) is 0 Å². The lowest BCUT2D eigenvalue weighted by Gasteiger charge is -2.20. The second-order valence-corrected chi connectivity index (χ2v) is 7.16. The van der Waals surface area contributed by atoms with Crippen LogP contribution in [0.15, 0.2) is 22.7 Å². The third-order valence-corrected chi connectivity index (χ3v) is 5.57. The number of thiophene rings is 1. The van der Waals surface area contributed by atoms with E-state index < -0.39 is 0 Å². The van der Waals surface area contributed by atoms with E-state index in [1.54, 1.807) is 6.07 Å². The molecule has 2 heterocycles. The smallest absolute Gasteiger partial charge is 0.163 e. The Morgan fingerprint density at radius 3 is 2.50 bits per heavy atom. The quantitative estimate of drug-likeness (QED) is 0.775. The van der Waals surface area contributed by atoms with E-state index in [1.165, 1.54) is 11.3 Å². The molecule has 0 fully saturated rings. The van der Waals surface area contributed by atoms with E-state index >= 15 is 0 Å². The van der Waals surface area contributed by atoms with E-state index in [4.69, 9.17) is 32.7 Å². The zero-order valence-electron chi connectivity index (χ0n) is 10.2. The summed E-state index contributed by atoms with van der Waals surface area (Å²) in [7, 11) is 0. The highest BCUT2D eigenvalue weighted by molar-refractivity contribution is 9.10. The fraction of sp³-hybridized carbons (Fsp3) is 0.231. The SMILES string of the molecule is Clc1cc2c(cc1NCc1cc(Br)c(Cl)s1)OCCO2. The van der Waals surface area contributed by atoms with Gasteiger partial charge < -0.3 is 14.8 Å². The minimum Gasteiger partial charge on any atom is -0.486 e. The van der Waals surface area contributed by atoms with Gasteiger partial charge >= 0.3 is 0 Å². The van der Waals surface area contributed by atoms with Gasteiger partial charge in [0.15, 0.2) is 11.5 Å². The van der Waals surface area contributed by atoms with Crippen molar-refractivity contribution >= 4 is 56.2 Å². The number of rotatable bonds is 3. The Morgan fingerprint density at radius 1 is 1.15 bits per heavy atom. The number of anilines is 1. The van der Waals surface area contributed by atoms with Crippen LogP contribution in [0, 0.1) is 0 Å². The van der Waals surface area contributed by atoms with Gasteiger partial charge in [-0.3, -0.25) is 0 Å². The van der Waals surface area contributed by atoms with Gasteiger partial charge in [-0.2, -0.15) is 0 Å². The topological polar surface area (TPSA) is 30.5 Å². The minimum absolute atomic E-state index is 0.553. The number of hydrogen-bond acceptors (Lipinski definition) is 4. The van der Waals surface area contributed by atoms with Crippen molar-refractivity contribution in [2.75, 3.05) is 18.5 Å². The van der Waals surface area contributed by atoms with Crippen molar-refractivity contribution in [3.63, 3.8) is 0 Å². The highest BCUT2D eigenvalue weighted by atomic mass is 79.9. The molecule has 1 aliphatic heterocycles. The van der Waals surface area contributed by atoms with Crippen LogP contribution >= 0.6 is 50.5 Å². The van der Waals surface area contributed by atoms with Crippen LogP contribution in [0.1, 0.15) is 4.88 Å². The molecule has 0 radical (unpaired) electrons. The van der Waals surface area contributed by atoms with Crippen LogP contribution < -0.4 is 14.8 Å². The molecular weight excluding hydrogens is 385 g/mol. The zero-order valence-corrected chi connectivity index (χ0v) is 14.1. The Labute approximate surface area is 138 Å². The van der Waals surface area contributed by atoms with Crippen molar-refractivity contribution in [3.8, 4) is 11.5 Å². The maximum Gasteiger partial charge on any atom is 0.163 e. The second-order valence-electron chi connectivity index (χ2n) is 4.16. The summed E-state index contributed by atoms with van der Waals surface area (Å²) in [6.45, 7) is 1.76. The summed E-state index contributed by atoms with van der Waals surface area (Å²) in [6.07, 6.45) is 0. The molecule has 0 aliphatic carbocycles. The van der Waals surface area contributed by atoms with Crippen LogP contribution in [0.3, 0.4) is 0 Å². The van der Waals surface area contributed by atoms with Crippen LogP contribution in [0.4, 0.5) is 5.69 Å². The summed E-state index contributed by atoms with van der Waals surface area (Å²) < 4.78 is 12.7. The Bertz CT molecular complexity index is 628. The van der Waals surface area contributed by atoms with E-state index in [-0.39, 0.29) is 0 Å². The number of ether oxygens (including phenoxy) is 2. The summed E-state index contributed by atoms with van der Waals surface area (Å²) in [5.41, 5.74) is 0.816. The Kier molecular flexibility index (Phi) is 4.31. The normalized spacial score (nSPS) is 13.3. The second kappa shape index (κ2) is 6.02. The van der Waals surface area contributed by atoms with Gasteiger partial charge in [-0.25, -0.2) is 0 Å². The van der Waals surface area contributed by atoms with Gasteiger partial charge in [-0.15, -0.1) is 11.3 Å². The first kappa shape index (κ1) is 14.3. The number of nitrogens with one attached hydrogen (secondary N) is 1. The lowest BCUT2D eigenvalue weighted by atomic mass is 10.2. The molecule has 20 heavy (non-hydrogen) atoms. The maximum absolute atomic E-state index is 6.23. The monoisotopic (exact) mass is 393 g/mol. The molecule has 0 unspecified atom stereocenters. The molecule has 1 aromatic heterocycles. The first-order chi connectivity index (χ1) is 9.63. The molecule has 0 amide bonds. The first-order valence-corrected chi connectivity index (χ1v) is 8.27. The van der Waals surface area contributed by atoms with Crippen molar-refractivity contribution in [3.05, 3.63) is 36.9 Å². The number of benzene rings is 1. The molecule has 1 N–H and O–H groups in total. The van der Waals surface area contributed by atoms with Crippen LogP contribution in [0.2, 0.25) is 9.36 Å². The van der Waals surface area contributed by atoms with Gasteiger partial charge in [-0.1, -0.05) is 23.2 Å². The average molecular weight is 395 g/mol. The summed E-state index contributed by atoms with van der Waals surface area (Å²) in [6, 6.07) is 5.63. The van der Waals surface area contributed by atoms with Crippen molar-refractivity contribution < 1.29 is 9.47 Å². The third-order valence-electron chi connectivity index (χ3n) is 2.78. The fourth-order valence-electron chi connectivity index (χ4n) is 1.86. The molecular formula is C13H10BrCl2NO2S. The third kappa shape index (κ3) is 3.01. The predicted octanol–water partition coefficient (Wildman–Crippen LogP) is 5.20. The van der Waals surface area contributed by atoms with Crippen molar-refractivity contribution in [2.45, 2.75) is 6.54 Å². The van der Waals surface area contributed by atoms with E-state index in [0.717, 1.165) is 19.4 Å². The Morgan fingerprint density at radius 2 is 1.85 bits per heavy atom. The minimum atomic E-state index is 0.553. The molecule has 0 bridgehead atoms. The summed E-state index contributed by atoms with van der Waals surface area (Å²) in [5.74, 6) is 1.40. The fourth-order valence-corrected chi connectivity index (χ4v) is 3.81. The predicted molar refractivity (Wildman–Crippen MR) is 86.8 cm³/mol. The molecule has 0 saturated carbocycles. The molecule has 2 aromatic rings. The molecule has 3 rings (SSSR count). The average Bonchev–Trinajstić information content (AvgIpc) is 2.75. The van der Waals surface area contributed by atoms with Crippen LogP contribution in [0.5, 0.6) is 11.5 Å². The van der Waals surface area contributed by atoms with Crippen LogP contribution in [0.25, 0.3) is 0 Å². The van der Waals surface area contributed by atoms with Crippen molar-refractivity contribution in [1.82, 2.24) is 0 Å². The molecule has 3 nitrogen and oxygen atoms in total. The van der Waals surface area contributed by atoms with E-state index in [1.807, 2.05) is 12.1 Å². The summed E-state index contributed by atoms with van der Waals surface area (Å²) >= 11 is 17.2. The molecule has 1 aromatic carbocycles. The lowest BCUT2D eigenvalue weighted by molar-refractivity contribution is 0.171. The van der Waals surface area contributed by atoms with Crippen molar-refractivity contribution in [1.29, 1.82) is 0 Å². The first-order valence-electron chi connectivity index (χ1n) is 5.90. The number of halogens is 3. The van der Waals surface area contributed by atoms with Gasteiger partial charge in [0.1, 0.15) is 17.6 Å². The lowest BCUT2D eigenvalue weighted by Crippen LogP contribution is -2.15. The molecule has 7 heteroatoms.